The van der Waals surface area contributed by atoms with E-state index in [1.807, 2.05) is 54.6 Å². The fourth-order valence-corrected chi connectivity index (χ4v) is 1.88. The van der Waals surface area contributed by atoms with Crippen LogP contribution in [0.2, 0.25) is 0 Å². The topological polar surface area (TPSA) is 67.4 Å². The molecule has 0 aliphatic rings. The van der Waals surface area contributed by atoms with Gasteiger partial charge in [0.15, 0.2) is 0 Å². The highest BCUT2D eigenvalue weighted by Gasteiger charge is 2.09. The van der Waals surface area contributed by atoms with Gasteiger partial charge in [-0.05, 0) is 11.6 Å². The Balaban J connectivity index is 2.11. The van der Waals surface area contributed by atoms with E-state index in [-0.39, 0.29) is 12.5 Å². The average molecular weight is 284 g/mol. The van der Waals surface area contributed by atoms with Gasteiger partial charge in [0, 0.05) is 11.3 Å². The molecule has 2 amide bonds. The Kier molecular flexibility index (Phi) is 4.93. The van der Waals surface area contributed by atoms with E-state index in [1.54, 1.807) is 0 Å². The lowest BCUT2D eigenvalue weighted by Crippen LogP contribution is -2.32. The van der Waals surface area contributed by atoms with Gasteiger partial charge in [-0.2, -0.15) is 0 Å². The molecule has 0 radical (unpaired) electrons. The highest BCUT2D eigenvalue weighted by molar-refractivity contribution is 5.97. The Bertz CT molecular complexity index is 626. The number of benzene rings is 2. The van der Waals surface area contributed by atoms with Gasteiger partial charge in [0.1, 0.15) is 6.54 Å². The molecule has 0 fully saturated rings. The number of anilines is 1. The first-order chi connectivity index (χ1) is 10.2. The predicted octanol–water partition coefficient (Wildman–Crippen LogP) is 2.65. The number of para-hydroxylation sites is 1. The van der Waals surface area contributed by atoms with Crippen LogP contribution in [0.3, 0.4) is 0 Å². The molecule has 2 N–H and O–H groups in total. The van der Waals surface area contributed by atoms with Crippen LogP contribution in [0.1, 0.15) is 0 Å². The monoisotopic (exact) mass is 284 g/mol. The van der Waals surface area contributed by atoms with Crippen molar-refractivity contribution < 1.29 is 14.3 Å². The molecule has 2 aromatic rings. The zero-order chi connectivity index (χ0) is 15.1. The first-order valence-electron chi connectivity index (χ1n) is 6.47. The van der Waals surface area contributed by atoms with E-state index in [2.05, 4.69) is 15.4 Å². The molecule has 0 bridgehead atoms. The molecule has 5 nitrogen and oxygen atoms in total. The highest BCUT2D eigenvalue weighted by atomic mass is 16.5. The summed E-state index contributed by atoms with van der Waals surface area (Å²) in [6.07, 6.45) is -0.638. The summed E-state index contributed by atoms with van der Waals surface area (Å²) in [7, 11) is 1.25. The second-order valence-corrected chi connectivity index (χ2v) is 4.30. The van der Waals surface area contributed by atoms with Crippen LogP contribution in [-0.4, -0.2) is 25.7 Å². The van der Waals surface area contributed by atoms with Crippen molar-refractivity contribution in [1.29, 1.82) is 0 Å². The Hall–Kier alpha value is -2.82. The van der Waals surface area contributed by atoms with Gasteiger partial charge in [-0.3, -0.25) is 4.79 Å². The Morgan fingerprint density at radius 3 is 2.38 bits per heavy atom. The molecular formula is C16H16N2O3. The van der Waals surface area contributed by atoms with E-state index < -0.39 is 6.09 Å². The van der Waals surface area contributed by atoms with Crippen LogP contribution in [0.15, 0.2) is 54.6 Å². The third-order valence-electron chi connectivity index (χ3n) is 2.86. The molecular weight excluding hydrogens is 268 g/mol. The SMILES string of the molecule is COC(=O)NCC(=O)Nc1ccccc1-c1ccccc1. The van der Waals surface area contributed by atoms with Gasteiger partial charge < -0.3 is 15.4 Å². The van der Waals surface area contributed by atoms with Crippen LogP contribution in [-0.2, 0) is 9.53 Å². The van der Waals surface area contributed by atoms with Crippen molar-refractivity contribution in [2.24, 2.45) is 0 Å². The molecule has 2 rings (SSSR count). The summed E-state index contributed by atoms with van der Waals surface area (Å²) in [5.74, 6) is -0.316. The Labute approximate surface area is 122 Å². The van der Waals surface area contributed by atoms with E-state index in [4.69, 9.17) is 0 Å². The minimum absolute atomic E-state index is 0.143. The van der Waals surface area contributed by atoms with Crippen LogP contribution < -0.4 is 10.6 Å². The molecule has 21 heavy (non-hydrogen) atoms. The smallest absolute Gasteiger partial charge is 0.407 e. The number of carbonyl (C=O) groups is 2. The molecule has 5 heteroatoms. The zero-order valence-corrected chi connectivity index (χ0v) is 11.6. The van der Waals surface area contributed by atoms with Crippen molar-refractivity contribution in [2.75, 3.05) is 19.0 Å². The van der Waals surface area contributed by atoms with Crippen molar-refractivity contribution >= 4 is 17.7 Å². The largest absolute Gasteiger partial charge is 0.453 e. The zero-order valence-electron chi connectivity index (χ0n) is 11.6. The summed E-state index contributed by atoms with van der Waals surface area (Å²) in [5.41, 5.74) is 2.62. The number of methoxy groups -OCH3 is 1. The van der Waals surface area contributed by atoms with E-state index in [0.29, 0.717) is 5.69 Å². The molecule has 0 aliphatic heterocycles. The van der Waals surface area contributed by atoms with Crippen molar-refractivity contribution in [2.45, 2.75) is 0 Å². The summed E-state index contributed by atoms with van der Waals surface area (Å²) in [4.78, 5) is 22.8. The fourth-order valence-electron chi connectivity index (χ4n) is 1.88. The van der Waals surface area contributed by atoms with Crippen molar-refractivity contribution in [3.8, 4) is 11.1 Å². The molecule has 0 atom stereocenters. The van der Waals surface area contributed by atoms with Crippen molar-refractivity contribution in [1.82, 2.24) is 5.32 Å². The van der Waals surface area contributed by atoms with E-state index >= 15 is 0 Å². The summed E-state index contributed by atoms with van der Waals surface area (Å²) in [6.45, 7) is -0.143. The maximum Gasteiger partial charge on any atom is 0.407 e. The number of rotatable bonds is 4. The number of hydrogen-bond acceptors (Lipinski definition) is 3. The predicted molar refractivity (Wildman–Crippen MR) is 80.9 cm³/mol. The van der Waals surface area contributed by atoms with E-state index in [1.165, 1.54) is 7.11 Å². The van der Waals surface area contributed by atoms with Gasteiger partial charge in [0.2, 0.25) is 5.91 Å². The van der Waals surface area contributed by atoms with Crippen molar-refractivity contribution in [3.05, 3.63) is 54.6 Å². The Morgan fingerprint density at radius 2 is 1.67 bits per heavy atom. The molecule has 0 unspecified atom stereocenters. The van der Waals surface area contributed by atoms with Gasteiger partial charge in [-0.15, -0.1) is 0 Å². The van der Waals surface area contributed by atoms with E-state index in [0.717, 1.165) is 11.1 Å². The van der Waals surface area contributed by atoms with Crippen molar-refractivity contribution in [3.63, 3.8) is 0 Å². The highest BCUT2D eigenvalue weighted by Crippen LogP contribution is 2.27. The number of carbonyl (C=O) groups excluding carboxylic acids is 2. The number of amides is 2. The van der Waals surface area contributed by atoms with Crippen LogP contribution in [0.4, 0.5) is 10.5 Å². The summed E-state index contributed by atoms with van der Waals surface area (Å²) >= 11 is 0. The average Bonchev–Trinajstić information content (AvgIpc) is 2.54. The molecule has 0 saturated heterocycles. The molecule has 0 saturated carbocycles. The molecule has 2 aromatic carbocycles. The molecule has 108 valence electrons. The lowest BCUT2D eigenvalue weighted by atomic mass is 10.0. The fraction of sp³-hybridized carbons (Fsp3) is 0.125. The number of alkyl carbamates (subject to hydrolysis) is 1. The number of ether oxygens (including phenoxy) is 1. The number of hydrogen-bond donors (Lipinski definition) is 2. The first-order valence-corrected chi connectivity index (χ1v) is 6.47. The minimum Gasteiger partial charge on any atom is -0.453 e. The van der Waals surface area contributed by atoms with Gasteiger partial charge in [-0.25, -0.2) is 4.79 Å². The quantitative estimate of drug-likeness (QED) is 0.907. The van der Waals surface area contributed by atoms with E-state index in [9.17, 15) is 9.59 Å². The summed E-state index contributed by atoms with van der Waals surface area (Å²) in [5, 5.41) is 5.12. The van der Waals surface area contributed by atoms with Crippen LogP contribution in [0, 0.1) is 0 Å². The molecule has 0 aliphatic carbocycles. The molecule has 0 heterocycles. The Morgan fingerprint density at radius 1 is 1.00 bits per heavy atom. The van der Waals surface area contributed by atoms with Crippen LogP contribution in [0.5, 0.6) is 0 Å². The van der Waals surface area contributed by atoms with Gasteiger partial charge in [0.05, 0.1) is 7.11 Å². The second-order valence-electron chi connectivity index (χ2n) is 4.30. The second kappa shape index (κ2) is 7.09. The van der Waals surface area contributed by atoms with Gasteiger partial charge in [-0.1, -0.05) is 48.5 Å². The third-order valence-corrected chi connectivity index (χ3v) is 2.86. The minimum atomic E-state index is -0.638. The normalized spacial score (nSPS) is 9.76. The maximum atomic E-state index is 11.8. The lowest BCUT2D eigenvalue weighted by molar-refractivity contribution is -0.115. The third kappa shape index (κ3) is 4.07. The summed E-state index contributed by atoms with van der Waals surface area (Å²) in [6, 6.07) is 17.2. The van der Waals surface area contributed by atoms with Crippen LogP contribution >= 0.6 is 0 Å². The first kappa shape index (κ1) is 14.6. The molecule has 0 aromatic heterocycles. The van der Waals surface area contributed by atoms with Gasteiger partial charge in [0.25, 0.3) is 0 Å². The maximum absolute atomic E-state index is 11.8. The lowest BCUT2D eigenvalue weighted by Gasteiger charge is -2.11. The number of nitrogens with one attached hydrogen (secondary N) is 2. The summed E-state index contributed by atoms with van der Waals surface area (Å²) < 4.78 is 4.41. The standard InChI is InChI=1S/C16H16N2O3/c1-21-16(20)17-11-15(19)18-14-10-6-5-9-13(14)12-7-3-2-4-8-12/h2-10H,11H2,1H3,(H,17,20)(H,18,19). The van der Waals surface area contributed by atoms with Crippen LogP contribution in [0.25, 0.3) is 11.1 Å². The molecule has 0 spiro atoms. The van der Waals surface area contributed by atoms with Gasteiger partial charge >= 0.3 is 6.09 Å².